The molecule has 1 aromatic carbocycles. The van der Waals surface area contributed by atoms with Crippen molar-refractivity contribution in [2.75, 3.05) is 5.32 Å². The number of anilines is 1. The van der Waals surface area contributed by atoms with Crippen molar-refractivity contribution in [3.63, 3.8) is 0 Å². The van der Waals surface area contributed by atoms with Crippen molar-refractivity contribution < 1.29 is 14.3 Å². The van der Waals surface area contributed by atoms with Crippen LogP contribution in [0.4, 0.5) is 10.1 Å². The van der Waals surface area contributed by atoms with Gasteiger partial charge in [0.15, 0.2) is 0 Å². The molecule has 0 fully saturated rings. The number of aryl methyl sites for hydroxylation is 1. The third-order valence-corrected chi connectivity index (χ3v) is 2.33. The van der Waals surface area contributed by atoms with E-state index in [0.717, 1.165) is 12.0 Å². The topological polar surface area (TPSA) is 49.3 Å². The Morgan fingerprint density at radius 1 is 1.56 bits per heavy atom. The molecule has 1 rings (SSSR count). The monoisotopic (exact) mass is 225 g/mol. The number of rotatable bonds is 5. The Morgan fingerprint density at radius 2 is 2.25 bits per heavy atom. The van der Waals surface area contributed by atoms with Crippen molar-refractivity contribution in [3.05, 3.63) is 29.6 Å². The van der Waals surface area contributed by atoms with Gasteiger partial charge in [0.1, 0.15) is 11.9 Å². The van der Waals surface area contributed by atoms with E-state index in [1.54, 1.807) is 12.1 Å². The molecule has 1 atom stereocenters. The van der Waals surface area contributed by atoms with Crippen molar-refractivity contribution in [1.82, 2.24) is 0 Å². The van der Waals surface area contributed by atoms with Crippen LogP contribution in [0.1, 0.15) is 25.3 Å². The van der Waals surface area contributed by atoms with Crippen molar-refractivity contribution >= 4 is 11.7 Å². The van der Waals surface area contributed by atoms with Crippen LogP contribution in [0.2, 0.25) is 0 Å². The fourth-order valence-electron chi connectivity index (χ4n) is 1.48. The first kappa shape index (κ1) is 12.5. The summed E-state index contributed by atoms with van der Waals surface area (Å²) >= 11 is 0. The van der Waals surface area contributed by atoms with Gasteiger partial charge in [-0.15, -0.1) is 0 Å². The summed E-state index contributed by atoms with van der Waals surface area (Å²) < 4.78 is 13.4. The molecule has 0 aliphatic carbocycles. The lowest BCUT2D eigenvalue weighted by Crippen LogP contribution is -2.29. The number of hydrogen-bond acceptors (Lipinski definition) is 2. The molecule has 0 aliphatic heterocycles. The second-order valence-corrected chi connectivity index (χ2v) is 3.81. The molecule has 2 N–H and O–H groups in total. The lowest BCUT2D eigenvalue weighted by Gasteiger charge is -2.15. The zero-order valence-corrected chi connectivity index (χ0v) is 9.46. The van der Waals surface area contributed by atoms with Crippen LogP contribution in [0.5, 0.6) is 0 Å². The van der Waals surface area contributed by atoms with E-state index >= 15 is 0 Å². The zero-order chi connectivity index (χ0) is 12.1. The smallest absolute Gasteiger partial charge is 0.326 e. The standard InChI is InChI=1S/C12H16FNO2/c1-3-4-10(12(15)16)14-11-7-8(2)5-6-9(11)13/h5-7,10,14H,3-4H2,1-2H3,(H,15,16). The summed E-state index contributed by atoms with van der Waals surface area (Å²) in [7, 11) is 0. The highest BCUT2D eigenvalue weighted by Gasteiger charge is 2.17. The first-order valence-electron chi connectivity index (χ1n) is 5.30. The van der Waals surface area contributed by atoms with Gasteiger partial charge in [-0.2, -0.15) is 0 Å². The molecule has 88 valence electrons. The first-order chi connectivity index (χ1) is 7.54. The average Bonchev–Trinajstić information content (AvgIpc) is 2.22. The first-order valence-corrected chi connectivity index (χ1v) is 5.30. The fraction of sp³-hybridized carbons (Fsp3) is 0.417. The normalized spacial score (nSPS) is 12.2. The third kappa shape index (κ3) is 3.22. The molecule has 16 heavy (non-hydrogen) atoms. The lowest BCUT2D eigenvalue weighted by atomic mass is 10.1. The van der Waals surface area contributed by atoms with Crippen LogP contribution < -0.4 is 5.32 Å². The molecule has 1 unspecified atom stereocenters. The second kappa shape index (κ2) is 5.49. The van der Waals surface area contributed by atoms with Gasteiger partial charge in [-0.1, -0.05) is 19.4 Å². The van der Waals surface area contributed by atoms with Crippen LogP contribution >= 0.6 is 0 Å². The van der Waals surface area contributed by atoms with Crippen LogP contribution in [0.3, 0.4) is 0 Å². The van der Waals surface area contributed by atoms with Crippen LogP contribution in [0.25, 0.3) is 0 Å². The second-order valence-electron chi connectivity index (χ2n) is 3.81. The van der Waals surface area contributed by atoms with E-state index in [1.807, 2.05) is 13.8 Å². The molecular formula is C12H16FNO2. The third-order valence-electron chi connectivity index (χ3n) is 2.33. The van der Waals surface area contributed by atoms with Gasteiger partial charge in [0.25, 0.3) is 0 Å². The van der Waals surface area contributed by atoms with Crippen LogP contribution in [0.15, 0.2) is 18.2 Å². The van der Waals surface area contributed by atoms with E-state index in [9.17, 15) is 9.18 Å². The number of carbonyl (C=O) groups is 1. The molecule has 1 aromatic rings. The molecule has 0 saturated heterocycles. The highest BCUT2D eigenvalue weighted by molar-refractivity contribution is 5.77. The Bertz CT molecular complexity index is 379. The molecule has 0 bridgehead atoms. The highest BCUT2D eigenvalue weighted by atomic mass is 19.1. The summed E-state index contributed by atoms with van der Waals surface area (Å²) in [6, 6.07) is 3.86. The average molecular weight is 225 g/mol. The van der Waals surface area contributed by atoms with Crippen LogP contribution in [0, 0.1) is 12.7 Å². The van der Waals surface area contributed by atoms with Gasteiger partial charge in [-0.05, 0) is 31.0 Å². The van der Waals surface area contributed by atoms with Gasteiger partial charge < -0.3 is 10.4 Å². The Labute approximate surface area is 94.3 Å². The van der Waals surface area contributed by atoms with Gasteiger partial charge in [0, 0.05) is 0 Å². The minimum atomic E-state index is -0.956. The molecule has 0 radical (unpaired) electrons. The van der Waals surface area contributed by atoms with Crippen LogP contribution in [-0.4, -0.2) is 17.1 Å². The lowest BCUT2D eigenvalue weighted by molar-refractivity contribution is -0.138. The maximum atomic E-state index is 13.4. The maximum Gasteiger partial charge on any atom is 0.326 e. The summed E-state index contributed by atoms with van der Waals surface area (Å²) in [5.74, 6) is -1.38. The van der Waals surface area contributed by atoms with Crippen molar-refractivity contribution in [2.24, 2.45) is 0 Å². The Morgan fingerprint density at radius 3 is 2.81 bits per heavy atom. The van der Waals surface area contributed by atoms with E-state index < -0.39 is 17.8 Å². The minimum Gasteiger partial charge on any atom is -0.480 e. The maximum absolute atomic E-state index is 13.4. The summed E-state index contributed by atoms with van der Waals surface area (Å²) in [4.78, 5) is 10.9. The Hall–Kier alpha value is -1.58. The number of halogens is 1. The molecule has 4 heteroatoms. The quantitative estimate of drug-likeness (QED) is 0.810. The van der Waals surface area contributed by atoms with Gasteiger partial charge in [-0.3, -0.25) is 0 Å². The Balaban J connectivity index is 2.84. The summed E-state index contributed by atoms with van der Waals surface area (Å²) in [6.45, 7) is 3.73. The van der Waals surface area contributed by atoms with E-state index in [2.05, 4.69) is 5.32 Å². The molecule has 0 aliphatic rings. The number of carboxylic acids is 1. The van der Waals surface area contributed by atoms with E-state index in [1.165, 1.54) is 6.07 Å². The number of benzene rings is 1. The zero-order valence-electron chi connectivity index (χ0n) is 9.46. The predicted molar refractivity (Wildman–Crippen MR) is 61.1 cm³/mol. The summed E-state index contributed by atoms with van der Waals surface area (Å²) in [6.07, 6.45) is 1.21. The molecule has 0 heterocycles. The molecular weight excluding hydrogens is 209 g/mol. The largest absolute Gasteiger partial charge is 0.480 e. The molecule has 0 aromatic heterocycles. The molecule has 0 amide bonds. The summed E-state index contributed by atoms with van der Waals surface area (Å²) in [5.41, 5.74) is 1.14. The fourth-order valence-corrected chi connectivity index (χ4v) is 1.48. The van der Waals surface area contributed by atoms with Gasteiger partial charge in [-0.25, -0.2) is 9.18 Å². The summed E-state index contributed by atoms with van der Waals surface area (Å²) in [5, 5.41) is 11.7. The molecule has 0 saturated carbocycles. The number of aliphatic carboxylic acids is 1. The molecule has 0 spiro atoms. The van der Waals surface area contributed by atoms with Gasteiger partial charge in [0.05, 0.1) is 5.69 Å². The number of carboxylic acid groups (broad SMARTS) is 1. The van der Waals surface area contributed by atoms with E-state index in [-0.39, 0.29) is 5.69 Å². The van der Waals surface area contributed by atoms with E-state index in [4.69, 9.17) is 5.11 Å². The van der Waals surface area contributed by atoms with Crippen LogP contribution in [-0.2, 0) is 4.79 Å². The van der Waals surface area contributed by atoms with Crippen molar-refractivity contribution in [3.8, 4) is 0 Å². The molecule has 3 nitrogen and oxygen atoms in total. The van der Waals surface area contributed by atoms with Gasteiger partial charge in [0.2, 0.25) is 0 Å². The Kier molecular flexibility index (Phi) is 4.28. The highest BCUT2D eigenvalue weighted by Crippen LogP contribution is 2.17. The number of nitrogens with one attached hydrogen (secondary N) is 1. The predicted octanol–water partition coefficient (Wildman–Crippen LogP) is 2.80. The van der Waals surface area contributed by atoms with Crippen molar-refractivity contribution in [2.45, 2.75) is 32.7 Å². The van der Waals surface area contributed by atoms with Gasteiger partial charge >= 0.3 is 5.97 Å². The minimum absolute atomic E-state index is 0.251. The van der Waals surface area contributed by atoms with E-state index in [0.29, 0.717) is 6.42 Å². The SMILES string of the molecule is CCCC(Nc1cc(C)ccc1F)C(=O)O. The van der Waals surface area contributed by atoms with Crippen molar-refractivity contribution in [1.29, 1.82) is 0 Å². The number of hydrogen-bond donors (Lipinski definition) is 2.